The zero-order chi connectivity index (χ0) is 30.0. The molecule has 2 heterocycles. The zero-order valence-electron chi connectivity index (χ0n) is 24.7. The monoisotopic (exact) mass is 580 g/mol. The summed E-state index contributed by atoms with van der Waals surface area (Å²) < 4.78 is 0. The first kappa shape index (κ1) is 26.7. The predicted octanol–water partition coefficient (Wildman–Crippen LogP) is 10.6. The number of fused-ring (bicyclic) bond motifs is 3. The fourth-order valence-electron chi connectivity index (χ4n) is 6.63. The van der Waals surface area contributed by atoms with E-state index in [9.17, 15) is 0 Å². The SMILES string of the molecule is C1=CC2c3ccccc3N(c3cncc(Nc4ccccc4-c4ccccc4)c3Nc3ccccc3-c3ccccc3)C2C=C1. The van der Waals surface area contributed by atoms with Crippen molar-refractivity contribution >= 4 is 34.1 Å². The van der Waals surface area contributed by atoms with Crippen molar-refractivity contribution in [1.82, 2.24) is 4.98 Å². The van der Waals surface area contributed by atoms with Crippen LogP contribution in [0, 0.1) is 0 Å². The maximum Gasteiger partial charge on any atom is 0.0897 e. The molecular weight excluding hydrogens is 548 g/mol. The second-order valence-corrected chi connectivity index (χ2v) is 11.4. The van der Waals surface area contributed by atoms with Gasteiger partial charge in [-0.25, -0.2) is 0 Å². The van der Waals surface area contributed by atoms with Crippen molar-refractivity contribution in [3.63, 3.8) is 0 Å². The topological polar surface area (TPSA) is 40.2 Å². The quantitative estimate of drug-likeness (QED) is 0.197. The number of aromatic nitrogens is 1. The second-order valence-electron chi connectivity index (χ2n) is 11.4. The fraction of sp³-hybridized carbons (Fsp3) is 0.0488. The number of hydrogen-bond donors (Lipinski definition) is 2. The minimum Gasteiger partial charge on any atom is -0.352 e. The van der Waals surface area contributed by atoms with Gasteiger partial charge in [-0.1, -0.05) is 140 Å². The Morgan fingerprint density at radius 1 is 0.489 bits per heavy atom. The maximum absolute atomic E-state index is 4.83. The number of benzene rings is 5. The van der Waals surface area contributed by atoms with E-state index in [0.717, 1.165) is 50.7 Å². The first-order chi connectivity index (χ1) is 22.3. The molecule has 6 aromatic rings. The molecule has 0 radical (unpaired) electrons. The first-order valence-corrected chi connectivity index (χ1v) is 15.4. The average molecular weight is 581 g/mol. The van der Waals surface area contributed by atoms with Crippen LogP contribution in [0.5, 0.6) is 0 Å². The normalized spacial score (nSPS) is 16.2. The number of pyridine rings is 1. The van der Waals surface area contributed by atoms with Gasteiger partial charge in [-0.3, -0.25) is 4.98 Å². The van der Waals surface area contributed by atoms with Crippen molar-refractivity contribution < 1.29 is 0 Å². The summed E-state index contributed by atoms with van der Waals surface area (Å²) in [5, 5.41) is 7.70. The molecule has 5 aromatic carbocycles. The second kappa shape index (κ2) is 11.7. The molecule has 2 aliphatic rings. The molecule has 1 aliphatic heterocycles. The number of nitrogens with one attached hydrogen (secondary N) is 2. The number of para-hydroxylation sites is 3. The molecule has 1 aromatic heterocycles. The largest absolute Gasteiger partial charge is 0.352 e. The summed E-state index contributed by atoms with van der Waals surface area (Å²) in [7, 11) is 0. The van der Waals surface area contributed by atoms with E-state index in [1.165, 1.54) is 11.3 Å². The minimum absolute atomic E-state index is 0.144. The molecule has 0 saturated heterocycles. The van der Waals surface area contributed by atoms with Crippen LogP contribution in [0.3, 0.4) is 0 Å². The predicted molar refractivity (Wildman–Crippen MR) is 188 cm³/mol. The van der Waals surface area contributed by atoms with Gasteiger partial charge in [-0.05, 0) is 34.9 Å². The van der Waals surface area contributed by atoms with E-state index in [1.54, 1.807) is 0 Å². The molecule has 2 unspecified atom stereocenters. The van der Waals surface area contributed by atoms with Gasteiger partial charge in [-0.2, -0.15) is 0 Å². The van der Waals surface area contributed by atoms with E-state index in [1.807, 2.05) is 12.4 Å². The Bertz CT molecular complexity index is 2030. The van der Waals surface area contributed by atoms with Gasteiger partial charge in [0.15, 0.2) is 0 Å². The van der Waals surface area contributed by atoms with Gasteiger partial charge in [0.2, 0.25) is 0 Å². The zero-order valence-corrected chi connectivity index (χ0v) is 24.7. The molecule has 1 aliphatic carbocycles. The molecule has 216 valence electrons. The Hall–Kier alpha value is -5.87. The molecule has 0 fully saturated rings. The smallest absolute Gasteiger partial charge is 0.0897 e. The minimum atomic E-state index is 0.144. The highest BCUT2D eigenvalue weighted by atomic mass is 15.2. The number of anilines is 6. The standard InChI is InChI=1S/C41H32N4/c1-3-15-29(16-4-1)31-19-7-11-23-35(31)43-37-27-42-28-40(45-38-25-13-9-21-33(38)34-22-10-14-26-39(34)45)41(37)44-36-24-12-8-20-32(36)30-17-5-2-6-18-30/h1-28,33,38,43H,(H,42,44). The van der Waals surface area contributed by atoms with E-state index in [-0.39, 0.29) is 12.0 Å². The van der Waals surface area contributed by atoms with Gasteiger partial charge in [0.05, 0.1) is 35.5 Å². The van der Waals surface area contributed by atoms with Crippen molar-refractivity contribution in [2.45, 2.75) is 12.0 Å². The molecule has 0 saturated carbocycles. The van der Waals surface area contributed by atoms with Crippen LogP contribution in [0.4, 0.5) is 34.1 Å². The van der Waals surface area contributed by atoms with Crippen LogP contribution < -0.4 is 15.5 Å². The lowest BCUT2D eigenvalue weighted by atomic mass is 9.91. The molecule has 4 heteroatoms. The van der Waals surface area contributed by atoms with Crippen LogP contribution in [0.2, 0.25) is 0 Å². The van der Waals surface area contributed by atoms with E-state index in [0.29, 0.717) is 0 Å². The van der Waals surface area contributed by atoms with Crippen LogP contribution >= 0.6 is 0 Å². The number of hydrogen-bond acceptors (Lipinski definition) is 4. The Kier molecular flexibility index (Phi) is 6.93. The fourth-order valence-corrected chi connectivity index (χ4v) is 6.63. The number of allylic oxidation sites excluding steroid dienone is 2. The summed E-state index contributed by atoms with van der Waals surface area (Å²) in [6, 6.07) is 46.9. The van der Waals surface area contributed by atoms with E-state index >= 15 is 0 Å². The van der Waals surface area contributed by atoms with Crippen molar-refractivity contribution in [2.75, 3.05) is 15.5 Å². The molecule has 45 heavy (non-hydrogen) atoms. The lowest BCUT2D eigenvalue weighted by molar-refractivity contribution is 0.744. The third kappa shape index (κ3) is 4.96. The van der Waals surface area contributed by atoms with Gasteiger partial charge in [0, 0.05) is 34.1 Å². The van der Waals surface area contributed by atoms with Crippen molar-refractivity contribution in [3.8, 4) is 22.3 Å². The third-order valence-corrected chi connectivity index (χ3v) is 8.70. The molecule has 0 amide bonds. The third-order valence-electron chi connectivity index (χ3n) is 8.70. The summed E-state index contributed by atoms with van der Waals surface area (Å²) in [6.07, 6.45) is 12.9. The van der Waals surface area contributed by atoms with Gasteiger partial charge in [0.1, 0.15) is 0 Å². The van der Waals surface area contributed by atoms with E-state index < -0.39 is 0 Å². The summed E-state index contributed by atoms with van der Waals surface area (Å²) >= 11 is 0. The van der Waals surface area contributed by atoms with Crippen molar-refractivity contribution in [3.05, 3.63) is 176 Å². The van der Waals surface area contributed by atoms with Gasteiger partial charge >= 0.3 is 0 Å². The Morgan fingerprint density at radius 2 is 1.07 bits per heavy atom. The van der Waals surface area contributed by atoms with Crippen LogP contribution in [-0.2, 0) is 0 Å². The van der Waals surface area contributed by atoms with Gasteiger partial charge < -0.3 is 15.5 Å². The molecule has 4 nitrogen and oxygen atoms in total. The average Bonchev–Trinajstić information content (AvgIpc) is 3.44. The lowest BCUT2D eigenvalue weighted by Gasteiger charge is -2.31. The lowest BCUT2D eigenvalue weighted by Crippen LogP contribution is -2.29. The Labute approximate surface area is 264 Å². The van der Waals surface area contributed by atoms with E-state index in [4.69, 9.17) is 4.98 Å². The van der Waals surface area contributed by atoms with Crippen LogP contribution in [-0.4, -0.2) is 11.0 Å². The molecule has 2 N–H and O–H groups in total. The van der Waals surface area contributed by atoms with Crippen molar-refractivity contribution in [1.29, 1.82) is 0 Å². The Morgan fingerprint density at radius 3 is 1.78 bits per heavy atom. The Balaban J connectivity index is 1.30. The highest BCUT2D eigenvalue weighted by Gasteiger charge is 2.38. The summed E-state index contributed by atoms with van der Waals surface area (Å²) in [5.74, 6) is 0.270. The molecule has 0 bridgehead atoms. The van der Waals surface area contributed by atoms with Gasteiger partial charge in [0.25, 0.3) is 0 Å². The van der Waals surface area contributed by atoms with Crippen LogP contribution in [0.1, 0.15) is 11.5 Å². The van der Waals surface area contributed by atoms with E-state index in [2.05, 4.69) is 173 Å². The highest BCUT2D eigenvalue weighted by molar-refractivity contribution is 5.95. The molecule has 0 spiro atoms. The number of nitrogens with zero attached hydrogens (tertiary/aromatic N) is 2. The highest BCUT2D eigenvalue weighted by Crippen LogP contribution is 2.51. The summed E-state index contributed by atoms with van der Waals surface area (Å²) in [6.45, 7) is 0. The van der Waals surface area contributed by atoms with Crippen LogP contribution in [0.15, 0.2) is 170 Å². The summed E-state index contributed by atoms with van der Waals surface area (Å²) in [5.41, 5.74) is 12.0. The summed E-state index contributed by atoms with van der Waals surface area (Å²) in [4.78, 5) is 7.27. The number of rotatable bonds is 7. The first-order valence-electron chi connectivity index (χ1n) is 15.4. The molecule has 8 rings (SSSR count). The maximum atomic E-state index is 4.83. The van der Waals surface area contributed by atoms with Crippen LogP contribution in [0.25, 0.3) is 22.3 Å². The molecule has 2 atom stereocenters. The molecular formula is C41H32N4. The van der Waals surface area contributed by atoms with Crippen molar-refractivity contribution in [2.24, 2.45) is 0 Å². The van der Waals surface area contributed by atoms with Gasteiger partial charge in [-0.15, -0.1) is 0 Å².